The fourth-order valence-corrected chi connectivity index (χ4v) is 3.94. The lowest BCUT2D eigenvalue weighted by molar-refractivity contribution is 0.113. The number of ether oxygens (including phenoxy) is 1. The van der Waals surface area contributed by atoms with Crippen molar-refractivity contribution in [3.8, 4) is 11.5 Å². The highest BCUT2D eigenvalue weighted by molar-refractivity contribution is 7.91. The van der Waals surface area contributed by atoms with Gasteiger partial charge in [-0.3, -0.25) is 0 Å². The fraction of sp³-hybridized carbons (Fsp3) is 0.100. The number of hydrogen-bond acceptors (Lipinski definition) is 5. The number of hydrogen-bond donors (Lipinski definition) is 2. The van der Waals surface area contributed by atoms with Gasteiger partial charge in [0.15, 0.2) is 0 Å². The van der Waals surface area contributed by atoms with Crippen LogP contribution in [-0.4, -0.2) is 25.2 Å². The van der Waals surface area contributed by atoms with Crippen LogP contribution in [0.2, 0.25) is 0 Å². The van der Waals surface area contributed by atoms with E-state index in [9.17, 15) is 18.6 Å². The van der Waals surface area contributed by atoms with Gasteiger partial charge in [0.1, 0.15) is 22.5 Å². The second-order valence-corrected chi connectivity index (χ2v) is 7.56. The zero-order valence-corrected chi connectivity index (χ0v) is 14.6. The van der Waals surface area contributed by atoms with Crippen molar-refractivity contribution in [3.63, 3.8) is 0 Å². The summed E-state index contributed by atoms with van der Waals surface area (Å²) in [6.45, 7) is -0.294. The minimum absolute atomic E-state index is 0.0000657. The predicted octanol–water partition coefficient (Wildman–Crippen LogP) is 3.34. The Bertz CT molecular complexity index is 967. The minimum Gasteiger partial charge on any atom is -0.508 e. The molecule has 0 aliphatic rings. The van der Waals surface area contributed by atoms with Crippen LogP contribution in [0.1, 0.15) is 11.7 Å². The molecule has 6 heteroatoms. The molecule has 0 aromatic heterocycles. The van der Waals surface area contributed by atoms with Gasteiger partial charge in [0.05, 0.1) is 11.5 Å². The molecule has 0 radical (unpaired) electrons. The summed E-state index contributed by atoms with van der Waals surface area (Å²) >= 11 is 0. The highest BCUT2D eigenvalue weighted by Gasteiger charge is 2.24. The van der Waals surface area contributed by atoms with E-state index in [0.29, 0.717) is 0 Å². The van der Waals surface area contributed by atoms with Crippen LogP contribution in [0.15, 0.2) is 88.7 Å². The van der Waals surface area contributed by atoms with Gasteiger partial charge in [0.25, 0.3) is 0 Å². The van der Waals surface area contributed by atoms with Crippen LogP contribution in [0.5, 0.6) is 11.5 Å². The number of aromatic hydroxyl groups is 1. The van der Waals surface area contributed by atoms with E-state index in [1.807, 2.05) is 18.2 Å². The van der Waals surface area contributed by atoms with Gasteiger partial charge in [-0.25, -0.2) is 8.42 Å². The number of aliphatic hydroxyl groups excluding tert-OH is 1. The normalized spacial score (nSPS) is 12.5. The summed E-state index contributed by atoms with van der Waals surface area (Å²) in [5.74, 6) is 0.140. The summed E-state index contributed by atoms with van der Waals surface area (Å²) in [4.78, 5) is 0.0479. The number of aliphatic hydroxyl groups is 1. The third-order valence-electron chi connectivity index (χ3n) is 3.89. The number of phenolic OH excluding ortho intramolecular Hbond substituents is 1. The van der Waals surface area contributed by atoms with E-state index in [1.165, 1.54) is 30.3 Å². The van der Waals surface area contributed by atoms with Crippen LogP contribution >= 0.6 is 0 Å². The lowest BCUT2D eigenvalue weighted by Crippen LogP contribution is -2.14. The first-order chi connectivity index (χ1) is 12.5. The molecule has 1 atom stereocenters. The topological polar surface area (TPSA) is 83.8 Å². The molecule has 0 saturated carbocycles. The van der Waals surface area contributed by atoms with Gasteiger partial charge in [-0.2, -0.15) is 0 Å². The zero-order valence-electron chi connectivity index (χ0n) is 13.8. The zero-order chi connectivity index (χ0) is 18.6. The highest BCUT2D eigenvalue weighted by atomic mass is 32.2. The molecule has 0 aliphatic carbocycles. The van der Waals surface area contributed by atoms with E-state index in [4.69, 9.17) is 4.74 Å². The van der Waals surface area contributed by atoms with E-state index in [1.54, 1.807) is 30.3 Å². The molecule has 26 heavy (non-hydrogen) atoms. The van der Waals surface area contributed by atoms with E-state index in [0.717, 1.165) is 5.56 Å². The van der Waals surface area contributed by atoms with Crippen LogP contribution in [0.4, 0.5) is 0 Å². The molecule has 0 amide bonds. The SMILES string of the molecule is O=S(=O)(c1ccc(O)cc1)c1ccccc1OC(CO)c1ccccc1. The van der Waals surface area contributed by atoms with Gasteiger partial charge in [-0.15, -0.1) is 0 Å². The number of sulfone groups is 1. The van der Waals surface area contributed by atoms with Gasteiger partial charge in [-0.1, -0.05) is 42.5 Å². The lowest BCUT2D eigenvalue weighted by Gasteiger charge is -2.19. The minimum atomic E-state index is -3.84. The van der Waals surface area contributed by atoms with Crippen molar-refractivity contribution in [3.05, 3.63) is 84.4 Å². The van der Waals surface area contributed by atoms with Gasteiger partial charge in [-0.05, 0) is 42.0 Å². The molecule has 5 nitrogen and oxygen atoms in total. The van der Waals surface area contributed by atoms with Gasteiger partial charge in [0.2, 0.25) is 9.84 Å². The summed E-state index contributed by atoms with van der Waals surface area (Å²) in [5.41, 5.74) is 0.742. The monoisotopic (exact) mass is 370 g/mol. The maximum absolute atomic E-state index is 12.9. The second-order valence-electron chi connectivity index (χ2n) is 5.64. The van der Waals surface area contributed by atoms with Crippen LogP contribution in [0, 0.1) is 0 Å². The quantitative estimate of drug-likeness (QED) is 0.695. The smallest absolute Gasteiger partial charge is 0.210 e. The number of phenols is 1. The van der Waals surface area contributed by atoms with E-state index in [-0.39, 0.29) is 27.9 Å². The molecule has 0 bridgehead atoms. The average molecular weight is 370 g/mol. The molecule has 0 heterocycles. The Morgan fingerprint density at radius 1 is 0.846 bits per heavy atom. The third kappa shape index (κ3) is 3.71. The molecular formula is C20H18O5S. The Morgan fingerprint density at radius 3 is 2.12 bits per heavy atom. The Kier molecular flexibility index (Phi) is 5.25. The summed E-state index contributed by atoms with van der Waals surface area (Å²) in [6.07, 6.45) is -0.688. The predicted molar refractivity (Wildman–Crippen MR) is 96.9 cm³/mol. The summed E-state index contributed by atoms with van der Waals surface area (Å²) in [5, 5.41) is 19.1. The Balaban J connectivity index is 1.99. The largest absolute Gasteiger partial charge is 0.508 e. The lowest BCUT2D eigenvalue weighted by atomic mass is 10.1. The summed E-state index contributed by atoms with van der Waals surface area (Å²) in [6, 6.07) is 20.7. The van der Waals surface area contributed by atoms with Crippen molar-refractivity contribution >= 4 is 9.84 Å². The van der Waals surface area contributed by atoms with Crippen molar-refractivity contribution in [1.82, 2.24) is 0 Å². The molecule has 2 N–H and O–H groups in total. The third-order valence-corrected chi connectivity index (χ3v) is 5.70. The molecule has 3 rings (SSSR count). The van der Waals surface area contributed by atoms with E-state index >= 15 is 0 Å². The van der Waals surface area contributed by atoms with E-state index < -0.39 is 15.9 Å². The second kappa shape index (κ2) is 7.59. The fourth-order valence-electron chi connectivity index (χ4n) is 2.55. The van der Waals surface area contributed by atoms with Crippen molar-refractivity contribution in [2.24, 2.45) is 0 Å². The highest BCUT2D eigenvalue weighted by Crippen LogP contribution is 2.32. The average Bonchev–Trinajstić information content (AvgIpc) is 2.67. The Hall–Kier alpha value is -2.83. The van der Waals surface area contributed by atoms with Gasteiger partial charge in [0, 0.05) is 0 Å². The summed E-state index contributed by atoms with van der Waals surface area (Å²) in [7, 11) is -3.84. The maximum Gasteiger partial charge on any atom is 0.210 e. The van der Waals surface area contributed by atoms with Crippen LogP contribution in [0.3, 0.4) is 0 Å². The van der Waals surface area contributed by atoms with Crippen molar-refractivity contribution in [1.29, 1.82) is 0 Å². The first-order valence-corrected chi connectivity index (χ1v) is 9.46. The van der Waals surface area contributed by atoms with Crippen molar-refractivity contribution in [2.45, 2.75) is 15.9 Å². The van der Waals surface area contributed by atoms with Crippen LogP contribution in [0.25, 0.3) is 0 Å². The molecule has 0 fully saturated rings. The van der Waals surface area contributed by atoms with Gasteiger partial charge < -0.3 is 14.9 Å². The molecule has 134 valence electrons. The maximum atomic E-state index is 12.9. The number of rotatable bonds is 6. The molecular weight excluding hydrogens is 352 g/mol. The molecule has 0 spiro atoms. The molecule has 0 saturated heterocycles. The van der Waals surface area contributed by atoms with Gasteiger partial charge >= 0.3 is 0 Å². The van der Waals surface area contributed by atoms with Crippen LogP contribution in [-0.2, 0) is 9.84 Å². The van der Waals surface area contributed by atoms with Crippen molar-refractivity contribution < 1.29 is 23.4 Å². The number of para-hydroxylation sites is 1. The first-order valence-electron chi connectivity index (χ1n) is 7.98. The summed E-state index contributed by atoms with van der Waals surface area (Å²) < 4.78 is 31.7. The van der Waals surface area contributed by atoms with Crippen LogP contribution < -0.4 is 4.74 Å². The number of benzene rings is 3. The van der Waals surface area contributed by atoms with E-state index in [2.05, 4.69) is 0 Å². The first kappa shape index (κ1) is 18.0. The Labute approximate surface area is 152 Å². The Morgan fingerprint density at radius 2 is 1.46 bits per heavy atom. The molecule has 3 aromatic carbocycles. The molecule has 0 aliphatic heterocycles. The molecule has 1 unspecified atom stereocenters. The standard InChI is InChI=1S/C20H18O5S/c21-14-19(15-6-2-1-3-7-15)25-18-8-4-5-9-20(18)26(23,24)17-12-10-16(22)11-13-17/h1-13,19,21-22H,14H2. The molecule has 3 aromatic rings. The van der Waals surface area contributed by atoms with Crippen molar-refractivity contribution in [2.75, 3.05) is 6.61 Å².